The maximum Gasteiger partial charge on any atom is 0.335 e. The molecule has 200 valence electrons. The summed E-state index contributed by atoms with van der Waals surface area (Å²) in [7, 11) is 0. The molecule has 10 heteroatoms. The maximum atomic E-state index is 10.2. The van der Waals surface area contributed by atoms with Crippen molar-refractivity contribution in [3.8, 4) is 11.5 Å². The average Bonchev–Trinajstić information content (AvgIpc) is 2.98. The van der Waals surface area contributed by atoms with Crippen LogP contribution in [0.4, 0.5) is 0 Å². The van der Waals surface area contributed by atoms with Crippen molar-refractivity contribution in [1.29, 1.82) is 0 Å². The molecule has 0 saturated carbocycles. The third-order valence-corrected chi connectivity index (χ3v) is 4.94. The van der Waals surface area contributed by atoms with Crippen molar-refractivity contribution in [2.45, 2.75) is 0 Å². The van der Waals surface area contributed by atoms with Gasteiger partial charge in [0.25, 0.3) is 0 Å². The van der Waals surface area contributed by atoms with Gasteiger partial charge in [-0.15, -0.1) is 0 Å². The SMILES string of the molecule is O=C(O)c1cccc(O)c1.O=C(O)c1cccc(O)c1.c1ccc2nccnc2c1.c1ccc2nccnc2c1. The second-order valence-electron chi connectivity index (χ2n) is 7.80. The number of fused-ring (bicyclic) bond motifs is 2. The van der Waals surface area contributed by atoms with Gasteiger partial charge in [-0.25, -0.2) is 9.59 Å². The van der Waals surface area contributed by atoms with Crippen LogP contribution in [0.2, 0.25) is 0 Å². The molecule has 0 aliphatic carbocycles. The molecule has 0 aliphatic heterocycles. The fraction of sp³-hybridized carbons (Fsp3) is 0. The first-order valence-corrected chi connectivity index (χ1v) is 11.7. The number of phenols is 2. The molecule has 0 spiro atoms. The fourth-order valence-electron chi connectivity index (χ4n) is 3.10. The van der Waals surface area contributed by atoms with E-state index in [1.807, 2.05) is 48.5 Å². The lowest BCUT2D eigenvalue weighted by atomic mass is 10.2. The van der Waals surface area contributed by atoms with Gasteiger partial charge in [-0.2, -0.15) is 0 Å². The molecule has 4 N–H and O–H groups in total. The van der Waals surface area contributed by atoms with Gasteiger partial charge in [0.2, 0.25) is 0 Å². The molecule has 0 aliphatic rings. The zero-order chi connectivity index (χ0) is 28.7. The van der Waals surface area contributed by atoms with Gasteiger partial charge < -0.3 is 20.4 Å². The summed E-state index contributed by atoms with van der Waals surface area (Å²) in [6, 6.07) is 26.7. The number of carboxylic acid groups (broad SMARTS) is 2. The van der Waals surface area contributed by atoms with Crippen LogP contribution in [0.1, 0.15) is 20.7 Å². The number of carboxylic acids is 2. The van der Waals surface area contributed by atoms with E-state index < -0.39 is 11.9 Å². The number of para-hydroxylation sites is 4. The number of nitrogens with zero attached hydrogens (tertiary/aromatic N) is 4. The van der Waals surface area contributed by atoms with Crippen LogP contribution in [0.5, 0.6) is 11.5 Å². The summed E-state index contributed by atoms with van der Waals surface area (Å²) in [6.45, 7) is 0. The molecule has 0 unspecified atom stereocenters. The summed E-state index contributed by atoms with van der Waals surface area (Å²) in [5.74, 6) is -2.12. The van der Waals surface area contributed by atoms with Crippen LogP contribution in [0.3, 0.4) is 0 Å². The molecule has 6 aromatic rings. The number of aromatic nitrogens is 4. The van der Waals surface area contributed by atoms with Crippen LogP contribution in [0.15, 0.2) is 122 Å². The smallest absolute Gasteiger partial charge is 0.335 e. The monoisotopic (exact) mass is 536 g/mol. The molecule has 0 atom stereocenters. The molecular weight excluding hydrogens is 512 g/mol. The molecule has 0 radical (unpaired) electrons. The van der Waals surface area contributed by atoms with Gasteiger partial charge in [-0.1, -0.05) is 36.4 Å². The summed E-state index contributed by atoms with van der Waals surface area (Å²) in [6.07, 6.45) is 6.79. The minimum Gasteiger partial charge on any atom is -0.508 e. The van der Waals surface area contributed by atoms with E-state index >= 15 is 0 Å². The Kier molecular flexibility index (Phi) is 10.6. The maximum absolute atomic E-state index is 10.2. The number of rotatable bonds is 2. The Morgan fingerprint density at radius 3 is 0.975 bits per heavy atom. The van der Waals surface area contributed by atoms with E-state index in [-0.39, 0.29) is 22.6 Å². The van der Waals surface area contributed by atoms with Crippen LogP contribution >= 0.6 is 0 Å². The molecule has 0 amide bonds. The molecule has 2 heterocycles. The van der Waals surface area contributed by atoms with Gasteiger partial charge in [0.15, 0.2) is 0 Å². The Hall–Kier alpha value is -5.90. The highest BCUT2D eigenvalue weighted by molar-refractivity contribution is 5.88. The molecule has 4 aromatic carbocycles. The lowest BCUT2D eigenvalue weighted by Crippen LogP contribution is -1.94. The Morgan fingerprint density at radius 2 is 0.750 bits per heavy atom. The molecular formula is C30H24N4O6. The second kappa shape index (κ2) is 14.7. The van der Waals surface area contributed by atoms with Crippen LogP contribution in [-0.2, 0) is 0 Å². The number of aromatic carboxylic acids is 2. The highest BCUT2D eigenvalue weighted by Crippen LogP contribution is 2.11. The average molecular weight is 537 g/mol. The van der Waals surface area contributed by atoms with E-state index in [2.05, 4.69) is 19.9 Å². The number of aromatic hydroxyl groups is 2. The van der Waals surface area contributed by atoms with Crippen molar-refractivity contribution in [2.75, 3.05) is 0 Å². The Morgan fingerprint density at radius 1 is 0.450 bits per heavy atom. The summed E-state index contributed by atoms with van der Waals surface area (Å²) in [5, 5.41) is 34.4. The summed E-state index contributed by atoms with van der Waals surface area (Å²) in [5.41, 5.74) is 3.99. The summed E-state index contributed by atoms with van der Waals surface area (Å²) >= 11 is 0. The topological polar surface area (TPSA) is 167 Å². The van der Waals surface area contributed by atoms with Gasteiger partial charge in [0.1, 0.15) is 11.5 Å². The van der Waals surface area contributed by atoms with Gasteiger partial charge in [-0.3, -0.25) is 19.9 Å². The molecule has 0 saturated heterocycles. The van der Waals surface area contributed by atoms with Gasteiger partial charge >= 0.3 is 11.9 Å². The third-order valence-electron chi connectivity index (χ3n) is 4.94. The molecule has 0 fully saturated rings. The van der Waals surface area contributed by atoms with Gasteiger partial charge in [0.05, 0.1) is 33.2 Å². The molecule has 10 nitrogen and oxygen atoms in total. The molecule has 0 bridgehead atoms. The van der Waals surface area contributed by atoms with Crippen molar-refractivity contribution in [1.82, 2.24) is 19.9 Å². The fourth-order valence-corrected chi connectivity index (χ4v) is 3.10. The van der Waals surface area contributed by atoms with E-state index in [9.17, 15) is 9.59 Å². The Balaban J connectivity index is 0.000000147. The largest absolute Gasteiger partial charge is 0.508 e. The number of carbonyl (C=O) groups is 2. The zero-order valence-corrected chi connectivity index (χ0v) is 20.9. The van der Waals surface area contributed by atoms with Crippen molar-refractivity contribution in [3.63, 3.8) is 0 Å². The minimum atomic E-state index is -1.03. The van der Waals surface area contributed by atoms with Crippen LogP contribution in [0.25, 0.3) is 22.1 Å². The zero-order valence-electron chi connectivity index (χ0n) is 20.9. The predicted octanol–water partition coefficient (Wildman–Crippen LogP) is 5.44. The van der Waals surface area contributed by atoms with Crippen molar-refractivity contribution >= 4 is 34.0 Å². The third kappa shape index (κ3) is 9.20. The number of hydrogen-bond donors (Lipinski definition) is 4. The second-order valence-corrected chi connectivity index (χ2v) is 7.80. The number of hydrogen-bond acceptors (Lipinski definition) is 8. The molecule has 6 rings (SSSR count). The van der Waals surface area contributed by atoms with E-state index in [4.69, 9.17) is 20.4 Å². The summed E-state index contributed by atoms with van der Waals surface area (Å²) in [4.78, 5) is 37.0. The van der Waals surface area contributed by atoms with E-state index in [0.29, 0.717) is 0 Å². The Labute approximate surface area is 228 Å². The predicted molar refractivity (Wildman–Crippen MR) is 149 cm³/mol. The standard InChI is InChI=1S/2C8H6N2.2C7H6O3/c2*1-2-4-8-7(3-1)9-5-6-10-8;2*8-6-3-1-2-5(4-6)7(9)10/h2*1-6H;2*1-4,8H,(H,9,10). The van der Waals surface area contributed by atoms with Gasteiger partial charge in [0, 0.05) is 24.8 Å². The van der Waals surface area contributed by atoms with Crippen LogP contribution in [-0.4, -0.2) is 52.3 Å². The summed E-state index contributed by atoms with van der Waals surface area (Å²) < 4.78 is 0. The minimum absolute atomic E-state index is 0.0279. The van der Waals surface area contributed by atoms with Crippen LogP contribution < -0.4 is 0 Å². The van der Waals surface area contributed by atoms with E-state index in [0.717, 1.165) is 22.1 Å². The van der Waals surface area contributed by atoms with Crippen LogP contribution in [0, 0.1) is 0 Å². The lowest BCUT2D eigenvalue weighted by Gasteiger charge is -1.92. The van der Waals surface area contributed by atoms with Crippen molar-refractivity contribution in [2.24, 2.45) is 0 Å². The normalized spacial score (nSPS) is 9.60. The first kappa shape index (κ1) is 28.7. The molecule has 2 aromatic heterocycles. The number of phenolic OH excluding ortho intramolecular Hbond substituents is 2. The first-order valence-electron chi connectivity index (χ1n) is 11.7. The highest BCUT2D eigenvalue weighted by Gasteiger charge is 2.01. The first-order chi connectivity index (χ1) is 19.3. The van der Waals surface area contributed by atoms with Crippen molar-refractivity contribution < 1.29 is 30.0 Å². The quantitative estimate of drug-likeness (QED) is 0.224. The highest BCUT2D eigenvalue weighted by atomic mass is 16.4. The number of benzene rings is 4. The molecule has 40 heavy (non-hydrogen) atoms. The van der Waals surface area contributed by atoms with E-state index in [1.54, 1.807) is 24.8 Å². The Bertz CT molecular complexity index is 1450. The van der Waals surface area contributed by atoms with E-state index in [1.165, 1.54) is 48.5 Å². The van der Waals surface area contributed by atoms with Crippen molar-refractivity contribution in [3.05, 3.63) is 133 Å². The lowest BCUT2D eigenvalue weighted by molar-refractivity contribution is 0.0685. The van der Waals surface area contributed by atoms with Gasteiger partial charge in [-0.05, 0) is 60.7 Å².